The van der Waals surface area contributed by atoms with Crippen molar-refractivity contribution < 1.29 is 4.79 Å². The number of carbonyl (C=O) groups is 1. The van der Waals surface area contributed by atoms with E-state index in [0.717, 1.165) is 0 Å². The van der Waals surface area contributed by atoms with E-state index in [1.807, 2.05) is 6.92 Å². The molecule has 7 heteroatoms. The first kappa shape index (κ1) is 15.0. The molecular weight excluding hydrogens is 294 g/mol. The lowest BCUT2D eigenvalue weighted by atomic mass is 10.2. The molecule has 118 valence electrons. The summed E-state index contributed by atoms with van der Waals surface area (Å²) in [5.74, 6) is -0.309. The zero-order chi connectivity index (χ0) is 16.7. The highest BCUT2D eigenvalue weighted by Gasteiger charge is 2.17. The summed E-state index contributed by atoms with van der Waals surface area (Å²) in [7, 11) is 3.24. The monoisotopic (exact) mass is 311 g/mol. The van der Waals surface area contributed by atoms with E-state index >= 15 is 0 Å². The molecule has 3 aromatic rings. The van der Waals surface area contributed by atoms with Gasteiger partial charge in [0.25, 0.3) is 11.5 Å². The van der Waals surface area contributed by atoms with Crippen LogP contribution in [0.5, 0.6) is 0 Å². The van der Waals surface area contributed by atoms with Crippen LogP contribution in [0.15, 0.2) is 35.3 Å². The Bertz CT molecular complexity index is 1050. The molecule has 0 atom stereocenters. The first-order valence-corrected chi connectivity index (χ1v) is 7.27. The Morgan fingerprint density at radius 2 is 2.09 bits per heavy atom. The normalized spacial score (nSPS) is 11.1. The zero-order valence-electron chi connectivity index (χ0n) is 13.2. The average Bonchev–Trinajstić information content (AvgIpc) is 2.54. The Morgan fingerprint density at radius 1 is 1.35 bits per heavy atom. The van der Waals surface area contributed by atoms with Crippen LogP contribution in [0.1, 0.15) is 17.3 Å². The minimum absolute atomic E-state index is 0.0610. The average molecular weight is 311 g/mol. The smallest absolute Gasteiger partial charge is 0.267 e. The van der Waals surface area contributed by atoms with Gasteiger partial charge in [0, 0.05) is 26.8 Å². The largest absolute Gasteiger partial charge is 0.345 e. The second-order valence-electron chi connectivity index (χ2n) is 5.43. The molecule has 0 radical (unpaired) electrons. The number of pyridine rings is 2. The van der Waals surface area contributed by atoms with Crippen molar-refractivity contribution in [1.29, 1.82) is 5.41 Å². The van der Waals surface area contributed by atoms with Crippen molar-refractivity contribution in [1.82, 2.24) is 18.9 Å². The van der Waals surface area contributed by atoms with Gasteiger partial charge in [-0.15, -0.1) is 0 Å². The molecule has 0 saturated carbocycles. The lowest BCUT2D eigenvalue weighted by Gasteiger charge is -2.15. The van der Waals surface area contributed by atoms with E-state index in [1.165, 1.54) is 15.4 Å². The van der Waals surface area contributed by atoms with Gasteiger partial charge in [0.05, 0.1) is 10.9 Å². The molecule has 0 aliphatic carbocycles. The lowest BCUT2D eigenvalue weighted by molar-refractivity contribution is 0.0825. The molecule has 23 heavy (non-hydrogen) atoms. The Morgan fingerprint density at radius 3 is 2.74 bits per heavy atom. The number of aromatic nitrogens is 3. The number of nitrogens with one attached hydrogen (secondary N) is 1. The highest BCUT2D eigenvalue weighted by molar-refractivity contribution is 5.96. The fourth-order valence-corrected chi connectivity index (χ4v) is 2.60. The van der Waals surface area contributed by atoms with Gasteiger partial charge < -0.3 is 9.47 Å². The summed E-state index contributed by atoms with van der Waals surface area (Å²) >= 11 is 0. The molecule has 0 unspecified atom stereocenters. The molecule has 3 aromatic heterocycles. The number of fused-ring (bicyclic) bond motifs is 2. The van der Waals surface area contributed by atoms with E-state index in [9.17, 15) is 9.59 Å². The molecule has 1 N–H and O–H groups in total. The standard InChI is InChI=1S/C16H17N5O2/c1-4-20-13(17)10(15(22)19(2)3)9-11-14(20)18-12-7-5-6-8-21(12)16(11)23/h5-9,17H,4H2,1-3H3. The van der Waals surface area contributed by atoms with Crippen LogP contribution in [0.25, 0.3) is 16.7 Å². The molecule has 0 fully saturated rings. The van der Waals surface area contributed by atoms with Crippen molar-refractivity contribution in [2.24, 2.45) is 0 Å². The Kier molecular flexibility index (Phi) is 3.48. The van der Waals surface area contributed by atoms with Gasteiger partial charge in [-0.05, 0) is 25.1 Å². The van der Waals surface area contributed by atoms with Gasteiger partial charge in [-0.3, -0.25) is 19.4 Å². The fourth-order valence-electron chi connectivity index (χ4n) is 2.60. The van der Waals surface area contributed by atoms with Crippen LogP contribution in [0, 0.1) is 5.41 Å². The summed E-state index contributed by atoms with van der Waals surface area (Å²) < 4.78 is 3.02. The van der Waals surface area contributed by atoms with Crippen LogP contribution in [0.3, 0.4) is 0 Å². The topological polar surface area (TPSA) is 83.5 Å². The second kappa shape index (κ2) is 5.35. The van der Waals surface area contributed by atoms with Crippen molar-refractivity contribution in [2.45, 2.75) is 13.5 Å². The molecule has 0 bridgehead atoms. The first-order valence-electron chi connectivity index (χ1n) is 7.27. The molecule has 1 amide bonds. The number of nitrogens with zero attached hydrogens (tertiary/aromatic N) is 4. The van der Waals surface area contributed by atoms with Gasteiger partial charge in [0.15, 0.2) is 0 Å². The predicted octanol–water partition coefficient (Wildman–Crippen LogP) is 0.850. The SMILES string of the molecule is CCn1c(=N)c(C(=O)N(C)C)cc2c(=O)n3ccccc3nc21. The van der Waals surface area contributed by atoms with Crippen molar-refractivity contribution in [3.8, 4) is 0 Å². The van der Waals surface area contributed by atoms with Gasteiger partial charge in [-0.1, -0.05) is 6.07 Å². The highest BCUT2D eigenvalue weighted by atomic mass is 16.2. The molecule has 0 aromatic carbocycles. The quantitative estimate of drug-likeness (QED) is 0.712. The number of hydrogen-bond acceptors (Lipinski definition) is 4. The van der Waals surface area contributed by atoms with E-state index in [4.69, 9.17) is 5.41 Å². The summed E-state index contributed by atoms with van der Waals surface area (Å²) in [5.41, 5.74) is 0.938. The van der Waals surface area contributed by atoms with Crippen LogP contribution >= 0.6 is 0 Å². The minimum Gasteiger partial charge on any atom is -0.345 e. The number of amides is 1. The van der Waals surface area contributed by atoms with Crippen molar-refractivity contribution in [3.05, 3.63) is 51.9 Å². The van der Waals surface area contributed by atoms with Crippen LogP contribution in [-0.2, 0) is 6.54 Å². The first-order chi connectivity index (χ1) is 11.0. The summed E-state index contributed by atoms with van der Waals surface area (Å²) in [5, 5.41) is 8.63. The zero-order valence-corrected chi connectivity index (χ0v) is 13.2. The van der Waals surface area contributed by atoms with E-state index in [2.05, 4.69) is 4.98 Å². The van der Waals surface area contributed by atoms with Crippen molar-refractivity contribution >= 4 is 22.6 Å². The number of aryl methyl sites for hydroxylation is 1. The van der Waals surface area contributed by atoms with Gasteiger partial charge in [-0.2, -0.15) is 0 Å². The van der Waals surface area contributed by atoms with Crippen molar-refractivity contribution in [3.63, 3.8) is 0 Å². The third kappa shape index (κ3) is 2.21. The van der Waals surface area contributed by atoms with Crippen LogP contribution in [0.2, 0.25) is 0 Å². The van der Waals surface area contributed by atoms with Crippen LogP contribution in [0.4, 0.5) is 0 Å². The van der Waals surface area contributed by atoms with E-state index in [0.29, 0.717) is 23.2 Å². The van der Waals surface area contributed by atoms with Gasteiger partial charge in [0.2, 0.25) is 0 Å². The maximum atomic E-state index is 12.7. The third-order valence-corrected chi connectivity index (χ3v) is 3.77. The third-order valence-electron chi connectivity index (χ3n) is 3.77. The minimum atomic E-state index is -0.309. The van der Waals surface area contributed by atoms with Crippen LogP contribution in [-0.4, -0.2) is 38.9 Å². The van der Waals surface area contributed by atoms with Crippen LogP contribution < -0.4 is 11.0 Å². The Balaban J connectivity index is 2.53. The summed E-state index contributed by atoms with van der Waals surface area (Å²) in [6.07, 6.45) is 1.64. The van der Waals surface area contributed by atoms with Crippen molar-refractivity contribution in [2.75, 3.05) is 14.1 Å². The van der Waals surface area contributed by atoms with Gasteiger partial charge in [-0.25, -0.2) is 4.98 Å². The van der Waals surface area contributed by atoms with Gasteiger partial charge >= 0.3 is 0 Å². The summed E-state index contributed by atoms with van der Waals surface area (Å²) in [6.45, 7) is 2.30. The maximum absolute atomic E-state index is 12.7. The Labute approximate surface area is 131 Å². The molecule has 0 saturated heterocycles. The number of carbonyl (C=O) groups excluding carboxylic acids is 1. The molecule has 7 nitrogen and oxygen atoms in total. The second-order valence-corrected chi connectivity index (χ2v) is 5.43. The molecule has 0 spiro atoms. The summed E-state index contributed by atoms with van der Waals surface area (Å²) in [6, 6.07) is 6.76. The van der Waals surface area contributed by atoms with E-state index in [1.54, 1.807) is 43.1 Å². The van der Waals surface area contributed by atoms with E-state index < -0.39 is 0 Å². The molecule has 0 aliphatic heterocycles. The maximum Gasteiger partial charge on any atom is 0.267 e. The molecule has 3 heterocycles. The molecular formula is C16H17N5O2. The number of rotatable bonds is 2. The molecule has 3 rings (SSSR count). The van der Waals surface area contributed by atoms with E-state index in [-0.39, 0.29) is 22.5 Å². The Hall–Kier alpha value is -2.96. The predicted molar refractivity (Wildman–Crippen MR) is 86.5 cm³/mol. The highest BCUT2D eigenvalue weighted by Crippen LogP contribution is 2.10. The summed E-state index contributed by atoms with van der Waals surface area (Å²) in [4.78, 5) is 30.9. The number of hydrogen-bond donors (Lipinski definition) is 1. The lowest BCUT2D eigenvalue weighted by Crippen LogP contribution is -2.34. The fraction of sp³-hybridized carbons (Fsp3) is 0.250. The molecule has 0 aliphatic rings. The van der Waals surface area contributed by atoms with Gasteiger partial charge in [0.1, 0.15) is 16.8 Å².